The molecule has 6 heteroatoms. The van der Waals surface area contributed by atoms with Crippen molar-refractivity contribution in [3.05, 3.63) is 57.3 Å². The molecule has 0 saturated carbocycles. The number of halogens is 3. The first-order chi connectivity index (χ1) is 8.95. The topological polar surface area (TPSA) is 55.1 Å². The van der Waals surface area contributed by atoms with Crippen LogP contribution in [0.15, 0.2) is 40.9 Å². The van der Waals surface area contributed by atoms with Gasteiger partial charge in [0.05, 0.1) is 5.02 Å². The van der Waals surface area contributed by atoms with Gasteiger partial charge in [-0.1, -0.05) is 11.6 Å². The Morgan fingerprint density at radius 3 is 2.63 bits per heavy atom. The molecule has 19 heavy (non-hydrogen) atoms. The van der Waals surface area contributed by atoms with Gasteiger partial charge in [-0.05, 0) is 52.3 Å². The van der Waals surface area contributed by atoms with Crippen LogP contribution in [0.5, 0.6) is 0 Å². The number of anilines is 2. The first-order valence-corrected chi connectivity index (χ1v) is 6.45. The Morgan fingerprint density at radius 1 is 1.26 bits per heavy atom. The zero-order chi connectivity index (χ0) is 14.0. The summed E-state index contributed by atoms with van der Waals surface area (Å²) in [6.45, 7) is 0. The highest BCUT2D eigenvalue weighted by molar-refractivity contribution is 9.10. The van der Waals surface area contributed by atoms with Gasteiger partial charge in [0.15, 0.2) is 0 Å². The third kappa shape index (κ3) is 3.45. The van der Waals surface area contributed by atoms with Crippen molar-refractivity contribution >= 4 is 44.8 Å². The summed E-state index contributed by atoms with van der Waals surface area (Å²) >= 11 is 9.07. The molecule has 0 radical (unpaired) electrons. The monoisotopic (exact) mass is 342 g/mol. The molecule has 3 nitrogen and oxygen atoms in total. The van der Waals surface area contributed by atoms with Crippen LogP contribution in [0.25, 0.3) is 0 Å². The average Bonchev–Trinajstić information content (AvgIpc) is 2.31. The minimum atomic E-state index is -0.507. The van der Waals surface area contributed by atoms with Gasteiger partial charge in [0.25, 0.3) is 5.91 Å². The molecule has 1 amide bonds. The number of amides is 1. The largest absolute Gasteiger partial charge is 0.399 e. The van der Waals surface area contributed by atoms with E-state index in [1.54, 1.807) is 18.2 Å². The molecule has 2 rings (SSSR count). The van der Waals surface area contributed by atoms with Crippen molar-refractivity contribution in [2.45, 2.75) is 0 Å². The fraction of sp³-hybridized carbons (Fsp3) is 0. The van der Waals surface area contributed by atoms with E-state index in [9.17, 15) is 9.18 Å². The van der Waals surface area contributed by atoms with Gasteiger partial charge >= 0.3 is 0 Å². The van der Waals surface area contributed by atoms with Crippen LogP contribution in [-0.2, 0) is 0 Å². The molecule has 0 bridgehead atoms. The van der Waals surface area contributed by atoms with Crippen molar-refractivity contribution in [1.29, 1.82) is 0 Å². The van der Waals surface area contributed by atoms with E-state index in [1.807, 2.05) is 0 Å². The van der Waals surface area contributed by atoms with Crippen molar-refractivity contribution in [2.24, 2.45) is 0 Å². The predicted octanol–water partition coefficient (Wildman–Crippen LogP) is 4.08. The summed E-state index contributed by atoms with van der Waals surface area (Å²) in [4.78, 5) is 12.0. The van der Waals surface area contributed by atoms with Crippen LogP contribution in [0.1, 0.15) is 10.4 Å². The quantitative estimate of drug-likeness (QED) is 0.807. The fourth-order valence-corrected chi connectivity index (χ4v) is 2.02. The molecule has 0 atom stereocenters. The maximum atomic E-state index is 13.1. The molecule has 0 aliphatic rings. The highest BCUT2D eigenvalue weighted by Crippen LogP contribution is 2.24. The van der Waals surface area contributed by atoms with Crippen LogP contribution in [0, 0.1) is 5.82 Å². The molecule has 0 aliphatic heterocycles. The molecule has 98 valence electrons. The van der Waals surface area contributed by atoms with Gasteiger partial charge in [0.1, 0.15) is 5.82 Å². The summed E-state index contributed by atoms with van der Waals surface area (Å²) in [5.74, 6) is -0.880. The SMILES string of the molecule is Nc1cc(F)cc(NC(=O)c2ccc(Cl)c(Br)c2)c1. The van der Waals surface area contributed by atoms with Crippen LogP contribution in [0.3, 0.4) is 0 Å². The van der Waals surface area contributed by atoms with E-state index < -0.39 is 5.82 Å². The molecule has 0 aliphatic carbocycles. The lowest BCUT2D eigenvalue weighted by Gasteiger charge is -2.07. The standard InChI is InChI=1S/C13H9BrClFN2O/c14-11-3-7(1-2-12(11)15)13(19)18-10-5-8(16)4-9(17)6-10/h1-6H,17H2,(H,18,19). The highest BCUT2D eigenvalue weighted by Gasteiger charge is 2.09. The Bertz CT molecular complexity index is 628. The maximum absolute atomic E-state index is 13.1. The van der Waals surface area contributed by atoms with E-state index in [2.05, 4.69) is 21.2 Å². The molecule has 0 fully saturated rings. The summed E-state index contributed by atoms with van der Waals surface area (Å²) in [5, 5.41) is 3.07. The summed E-state index contributed by atoms with van der Waals surface area (Å²) in [6.07, 6.45) is 0. The van der Waals surface area contributed by atoms with Gasteiger partial charge in [-0.2, -0.15) is 0 Å². The number of carbonyl (C=O) groups excluding carboxylic acids is 1. The minimum Gasteiger partial charge on any atom is -0.399 e. The Labute approximate surface area is 122 Å². The molecule has 0 aromatic heterocycles. The van der Waals surface area contributed by atoms with E-state index in [0.717, 1.165) is 0 Å². The van der Waals surface area contributed by atoms with Crippen molar-refractivity contribution in [1.82, 2.24) is 0 Å². The average molecular weight is 344 g/mol. The second kappa shape index (κ2) is 5.59. The van der Waals surface area contributed by atoms with Gasteiger partial charge in [-0.15, -0.1) is 0 Å². The molecule has 2 aromatic rings. The van der Waals surface area contributed by atoms with Crippen molar-refractivity contribution in [3.8, 4) is 0 Å². The second-order valence-electron chi connectivity index (χ2n) is 3.86. The lowest BCUT2D eigenvalue weighted by Crippen LogP contribution is -2.12. The van der Waals surface area contributed by atoms with E-state index in [4.69, 9.17) is 17.3 Å². The summed E-state index contributed by atoms with van der Waals surface area (Å²) < 4.78 is 13.8. The molecule has 0 spiro atoms. The van der Waals surface area contributed by atoms with E-state index >= 15 is 0 Å². The van der Waals surface area contributed by atoms with Crippen LogP contribution >= 0.6 is 27.5 Å². The number of benzene rings is 2. The van der Waals surface area contributed by atoms with Gasteiger partial charge in [0.2, 0.25) is 0 Å². The zero-order valence-corrected chi connectivity index (χ0v) is 11.9. The number of nitrogens with two attached hydrogens (primary N) is 1. The number of nitrogens with one attached hydrogen (secondary N) is 1. The Balaban J connectivity index is 2.22. The van der Waals surface area contributed by atoms with Crippen LogP contribution in [0.4, 0.5) is 15.8 Å². The predicted molar refractivity (Wildman–Crippen MR) is 77.9 cm³/mol. The van der Waals surface area contributed by atoms with Crippen LogP contribution in [0.2, 0.25) is 5.02 Å². The Morgan fingerprint density at radius 2 is 2.00 bits per heavy atom. The number of nitrogen functional groups attached to an aromatic ring is 1. The molecule has 0 saturated heterocycles. The van der Waals surface area contributed by atoms with Crippen molar-refractivity contribution in [2.75, 3.05) is 11.1 Å². The highest BCUT2D eigenvalue weighted by atomic mass is 79.9. The number of hydrogen-bond acceptors (Lipinski definition) is 2. The van der Waals surface area contributed by atoms with E-state index in [1.165, 1.54) is 18.2 Å². The Kier molecular flexibility index (Phi) is 4.07. The summed E-state index contributed by atoms with van der Waals surface area (Å²) in [5.41, 5.74) is 6.45. The normalized spacial score (nSPS) is 10.3. The molecule has 0 unspecified atom stereocenters. The molecule has 0 heterocycles. The smallest absolute Gasteiger partial charge is 0.255 e. The maximum Gasteiger partial charge on any atom is 0.255 e. The third-order valence-electron chi connectivity index (χ3n) is 2.36. The van der Waals surface area contributed by atoms with Crippen molar-refractivity contribution < 1.29 is 9.18 Å². The fourth-order valence-electron chi connectivity index (χ4n) is 1.53. The molecular weight excluding hydrogens is 335 g/mol. The molecular formula is C13H9BrClFN2O. The van der Waals surface area contributed by atoms with Gasteiger partial charge in [-0.3, -0.25) is 4.79 Å². The first kappa shape index (κ1) is 13.8. The molecule has 3 N–H and O–H groups in total. The first-order valence-electron chi connectivity index (χ1n) is 5.28. The lowest BCUT2D eigenvalue weighted by atomic mass is 10.2. The summed E-state index contributed by atoms with van der Waals surface area (Å²) in [7, 11) is 0. The van der Waals surface area contributed by atoms with E-state index in [-0.39, 0.29) is 11.6 Å². The third-order valence-corrected chi connectivity index (χ3v) is 3.57. The lowest BCUT2D eigenvalue weighted by molar-refractivity contribution is 0.102. The summed E-state index contributed by atoms with van der Waals surface area (Å²) in [6, 6.07) is 8.60. The van der Waals surface area contributed by atoms with Gasteiger partial charge in [-0.25, -0.2) is 4.39 Å². The van der Waals surface area contributed by atoms with Gasteiger partial charge in [0, 0.05) is 21.4 Å². The van der Waals surface area contributed by atoms with E-state index in [0.29, 0.717) is 20.7 Å². The Hall–Kier alpha value is -1.59. The van der Waals surface area contributed by atoms with Crippen molar-refractivity contribution in [3.63, 3.8) is 0 Å². The second-order valence-corrected chi connectivity index (χ2v) is 5.12. The van der Waals surface area contributed by atoms with Crippen LogP contribution in [-0.4, -0.2) is 5.91 Å². The number of hydrogen-bond donors (Lipinski definition) is 2. The molecule has 2 aromatic carbocycles. The number of rotatable bonds is 2. The minimum absolute atomic E-state index is 0.243. The zero-order valence-electron chi connectivity index (χ0n) is 9.58. The van der Waals surface area contributed by atoms with Crippen LogP contribution < -0.4 is 11.1 Å². The number of carbonyl (C=O) groups is 1. The van der Waals surface area contributed by atoms with Gasteiger partial charge < -0.3 is 11.1 Å².